The summed E-state index contributed by atoms with van der Waals surface area (Å²) in [6, 6.07) is 11.2. The molecule has 32 heavy (non-hydrogen) atoms. The molecule has 1 spiro atoms. The number of fused-ring (bicyclic) bond motifs is 2. The number of nitrogens with zero attached hydrogens (tertiary/aromatic N) is 3. The summed E-state index contributed by atoms with van der Waals surface area (Å²) < 4.78 is 31.7. The molecule has 1 saturated heterocycles. The number of rotatable bonds is 1. The van der Waals surface area contributed by atoms with Crippen LogP contribution >= 0.6 is 0 Å². The zero-order valence-corrected chi connectivity index (χ0v) is 18.0. The number of carboxylic acids is 1. The number of amides is 2. The lowest BCUT2D eigenvalue weighted by atomic mass is 9.73. The van der Waals surface area contributed by atoms with Crippen LogP contribution < -0.4 is 0 Å². The van der Waals surface area contributed by atoms with Crippen LogP contribution in [0.4, 0.5) is 18.0 Å². The Balaban J connectivity index is 0.000000360. The van der Waals surface area contributed by atoms with Crippen LogP contribution in [0.5, 0.6) is 0 Å². The van der Waals surface area contributed by atoms with E-state index < -0.39 is 12.1 Å². The molecule has 1 aliphatic carbocycles. The van der Waals surface area contributed by atoms with Gasteiger partial charge in [0.1, 0.15) is 0 Å². The van der Waals surface area contributed by atoms with E-state index in [0.717, 1.165) is 32.4 Å². The number of aryl methyl sites for hydroxylation is 1. The van der Waals surface area contributed by atoms with Gasteiger partial charge in [-0.2, -0.15) is 13.2 Å². The Kier molecular flexibility index (Phi) is 6.76. The van der Waals surface area contributed by atoms with Crippen molar-refractivity contribution in [2.24, 2.45) is 0 Å². The molecule has 0 bridgehead atoms. The largest absolute Gasteiger partial charge is 0.490 e. The Morgan fingerprint density at radius 3 is 2.16 bits per heavy atom. The fourth-order valence-corrected chi connectivity index (χ4v) is 4.45. The smallest absolute Gasteiger partial charge is 0.475 e. The summed E-state index contributed by atoms with van der Waals surface area (Å²) in [7, 11) is 3.66. The van der Waals surface area contributed by atoms with Gasteiger partial charge in [0.25, 0.3) is 0 Å². The van der Waals surface area contributed by atoms with Crippen LogP contribution in [0.3, 0.4) is 0 Å². The van der Waals surface area contributed by atoms with Gasteiger partial charge in [0.05, 0.1) is 0 Å². The molecule has 2 aromatic rings. The first kappa shape index (κ1) is 23.6. The molecular weight excluding hydrogens is 423 g/mol. The van der Waals surface area contributed by atoms with E-state index in [-0.39, 0.29) is 11.4 Å². The van der Waals surface area contributed by atoms with Gasteiger partial charge in [0.2, 0.25) is 0 Å². The van der Waals surface area contributed by atoms with Crippen molar-refractivity contribution < 1.29 is 27.9 Å². The summed E-state index contributed by atoms with van der Waals surface area (Å²) in [5, 5.41) is 7.12. The van der Waals surface area contributed by atoms with E-state index in [2.05, 4.69) is 35.3 Å². The fraction of sp³-hybridized carbons (Fsp3) is 0.435. The second kappa shape index (κ2) is 9.18. The maximum atomic E-state index is 12.2. The zero-order valence-electron chi connectivity index (χ0n) is 18.0. The van der Waals surface area contributed by atoms with Crippen LogP contribution in [-0.4, -0.2) is 65.3 Å². The Bertz CT molecular complexity index is 969. The molecular formula is C23H26F3N3O3. The van der Waals surface area contributed by atoms with Crippen molar-refractivity contribution in [3.05, 3.63) is 53.9 Å². The van der Waals surface area contributed by atoms with E-state index in [1.54, 1.807) is 4.90 Å². The number of benzene rings is 1. The predicted octanol–water partition coefficient (Wildman–Crippen LogP) is 4.34. The number of carbonyl (C=O) groups excluding carboxylic acids is 1. The van der Waals surface area contributed by atoms with Crippen LogP contribution in [0.2, 0.25) is 0 Å². The molecule has 2 heterocycles. The summed E-state index contributed by atoms with van der Waals surface area (Å²) in [6.07, 6.45) is 3.13. The molecule has 1 aromatic carbocycles. The van der Waals surface area contributed by atoms with Crippen LogP contribution in [0, 0.1) is 0 Å². The molecule has 1 N–H and O–H groups in total. The second-order valence-corrected chi connectivity index (χ2v) is 8.36. The second-order valence-electron chi connectivity index (χ2n) is 8.36. The highest BCUT2D eigenvalue weighted by Crippen LogP contribution is 2.47. The van der Waals surface area contributed by atoms with E-state index in [1.165, 1.54) is 28.7 Å². The monoisotopic (exact) mass is 449 g/mol. The van der Waals surface area contributed by atoms with E-state index in [4.69, 9.17) is 9.90 Å². The summed E-state index contributed by atoms with van der Waals surface area (Å²) in [4.78, 5) is 28.9. The van der Waals surface area contributed by atoms with Gasteiger partial charge in [-0.1, -0.05) is 18.2 Å². The zero-order chi connectivity index (χ0) is 23.5. The molecule has 6 nitrogen and oxygen atoms in total. The van der Waals surface area contributed by atoms with Gasteiger partial charge in [-0.25, -0.2) is 9.59 Å². The normalized spacial score (nSPS) is 16.7. The Morgan fingerprint density at radius 1 is 1.03 bits per heavy atom. The third-order valence-electron chi connectivity index (χ3n) is 6.18. The molecule has 172 valence electrons. The van der Waals surface area contributed by atoms with Gasteiger partial charge in [-0.3, -0.25) is 4.98 Å². The lowest BCUT2D eigenvalue weighted by molar-refractivity contribution is -0.192. The van der Waals surface area contributed by atoms with Crippen molar-refractivity contribution in [1.82, 2.24) is 14.8 Å². The number of aliphatic carboxylic acids is 1. The lowest BCUT2D eigenvalue weighted by Crippen LogP contribution is -2.47. The quantitative estimate of drug-likeness (QED) is 0.703. The summed E-state index contributed by atoms with van der Waals surface area (Å²) in [5.41, 5.74) is 5.75. The summed E-state index contributed by atoms with van der Waals surface area (Å²) in [6.45, 7) is 1.71. The molecule has 1 fully saturated rings. The average molecular weight is 449 g/mol. The fourth-order valence-electron chi connectivity index (χ4n) is 4.45. The maximum Gasteiger partial charge on any atom is 0.490 e. The molecule has 0 unspecified atom stereocenters. The molecule has 9 heteroatoms. The van der Waals surface area contributed by atoms with Crippen molar-refractivity contribution in [3.63, 3.8) is 0 Å². The van der Waals surface area contributed by atoms with Crippen molar-refractivity contribution in [2.75, 3.05) is 27.2 Å². The summed E-state index contributed by atoms with van der Waals surface area (Å²) in [5.74, 6) is -2.76. The summed E-state index contributed by atoms with van der Waals surface area (Å²) >= 11 is 0. The van der Waals surface area contributed by atoms with Crippen molar-refractivity contribution in [2.45, 2.75) is 37.3 Å². The van der Waals surface area contributed by atoms with Gasteiger partial charge in [-0.05, 0) is 65.5 Å². The number of hydrogen-bond acceptors (Lipinski definition) is 3. The minimum Gasteiger partial charge on any atom is -0.475 e. The van der Waals surface area contributed by atoms with E-state index in [1.807, 2.05) is 31.4 Å². The van der Waals surface area contributed by atoms with Crippen molar-refractivity contribution in [1.29, 1.82) is 0 Å². The standard InChI is InChI=1S/C21H25N3O.C2HF3O2/c1-23(2)20(25)24-13-9-21(10-14-24)8-5-17-3-4-18(15-19(17)21)16-6-11-22-12-7-16;3-2(4,5)1(6)7/h3-4,6-7,11-12,15H,5,8-10,13-14H2,1-2H3;(H,6,7). The first-order valence-corrected chi connectivity index (χ1v) is 10.3. The van der Waals surface area contributed by atoms with Crippen molar-refractivity contribution in [3.8, 4) is 11.1 Å². The van der Waals surface area contributed by atoms with Crippen LogP contribution in [0.1, 0.15) is 30.4 Å². The number of hydrogen-bond donors (Lipinski definition) is 1. The number of alkyl halides is 3. The first-order chi connectivity index (χ1) is 15.0. The molecule has 1 aromatic heterocycles. The Hall–Kier alpha value is -3.10. The molecule has 0 saturated carbocycles. The number of piperidine rings is 1. The molecule has 4 rings (SSSR count). The van der Waals surface area contributed by atoms with Crippen LogP contribution in [0.15, 0.2) is 42.7 Å². The Labute approximate surface area is 184 Å². The topological polar surface area (TPSA) is 73.7 Å². The molecule has 0 radical (unpaired) electrons. The number of halogens is 3. The number of likely N-dealkylation sites (tertiary alicyclic amines) is 1. The van der Waals surface area contributed by atoms with Crippen molar-refractivity contribution >= 4 is 12.0 Å². The van der Waals surface area contributed by atoms with Crippen LogP contribution in [-0.2, 0) is 16.6 Å². The number of pyridine rings is 1. The third-order valence-corrected chi connectivity index (χ3v) is 6.18. The Morgan fingerprint density at radius 2 is 1.62 bits per heavy atom. The molecule has 1 aliphatic heterocycles. The van der Waals surface area contributed by atoms with E-state index in [9.17, 15) is 18.0 Å². The number of carbonyl (C=O) groups is 2. The maximum absolute atomic E-state index is 12.2. The SMILES string of the molecule is CN(C)C(=O)N1CCC2(CCc3ccc(-c4ccncc4)cc32)CC1.O=C(O)C(F)(F)F. The third kappa shape index (κ3) is 5.03. The van der Waals surface area contributed by atoms with Gasteiger partial charge in [0, 0.05) is 39.6 Å². The van der Waals surface area contributed by atoms with E-state index in [0.29, 0.717) is 0 Å². The minimum atomic E-state index is -5.08. The number of carboxylic acid groups (broad SMARTS) is 1. The predicted molar refractivity (Wildman–Crippen MR) is 113 cm³/mol. The molecule has 0 atom stereocenters. The highest BCUT2D eigenvalue weighted by Gasteiger charge is 2.42. The van der Waals surface area contributed by atoms with Gasteiger partial charge in [0.15, 0.2) is 0 Å². The molecule has 2 aliphatic rings. The van der Waals surface area contributed by atoms with Gasteiger partial charge < -0.3 is 14.9 Å². The lowest BCUT2D eigenvalue weighted by Gasteiger charge is -2.41. The van der Waals surface area contributed by atoms with Gasteiger partial charge in [-0.15, -0.1) is 0 Å². The number of urea groups is 1. The average Bonchev–Trinajstić information content (AvgIpc) is 3.11. The highest BCUT2D eigenvalue weighted by molar-refractivity contribution is 5.74. The highest BCUT2D eigenvalue weighted by atomic mass is 19.4. The van der Waals surface area contributed by atoms with Crippen LogP contribution in [0.25, 0.3) is 11.1 Å². The first-order valence-electron chi connectivity index (χ1n) is 10.3. The minimum absolute atomic E-state index is 0.138. The van der Waals surface area contributed by atoms with Gasteiger partial charge >= 0.3 is 18.2 Å². The number of aromatic nitrogens is 1. The van der Waals surface area contributed by atoms with E-state index >= 15 is 0 Å². The molecule has 2 amide bonds.